The van der Waals surface area contributed by atoms with E-state index in [1.807, 2.05) is 0 Å². The van der Waals surface area contributed by atoms with Gasteiger partial charge in [-0.15, -0.1) is 0 Å². The Kier molecular flexibility index (Phi) is 15.1. The second-order valence-electron chi connectivity index (χ2n) is 1.86. The molecule has 0 bridgehead atoms. The Hall–Kier alpha value is -0.100. The molecule has 6 heteroatoms. The van der Waals surface area contributed by atoms with Crippen LogP contribution >= 0.6 is 32.3 Å². The molecule has 0 fully saturated rings. The van der Waals surface area contributed by atoms with E-state index in [2.05, 4.69) is 15.9 Å². The van der Waals surface area contributed by atoms with Crippen LogP contribution in [0.2, 0.25) is 0 Å². The van der Waals surface area contributed by atoms with Crippen molar-refractivity contribution in [3.8, 4) is 0 Å². The molecule has 1 aromatic rings. The molecule has 0 atom stereocenters. The predicted molar refractivity (Wildman–Crippen MR) is 56.1 cm³/mol. The van der Waals surface area contributed by atoms with Gasteiger partial charge in [-0.1, -0.05) is 28.1 Å². The van der Waals surface area contributed by atoms with Gasteiger partial charge in [-0.2, -0.15) is 3.56 Å². The molecule has 14 heavy (non-hydrogen) atoms. The minimum Gasteiger partial charge on any atom is -0.246 e. The molecule has 1 aromatic carbocycles. The fourth-order valence-corrected chi connectivity index (χ4v) is 0.573. The lowest BCUT2D eigenvalue weighted by molar-refractivity contribution is 0.484. The van der Waals surface area contributed by atoms with Gasteiger partial charge in [0.05, 0.1) is 0 Å². The molecule has 0 nitrogen and oxygen atoms in total. The fraction of sp³-hybridized carbons (Fsp3) is 0.250. The number of alkyl halides is 3. The zero-order chi connectivity index (χ0) is 11.4. The third-order valence-corrected chi connectivity index (χ3v) is 1.07. The highest BCUT2D eigenvalue weighted by molar-refractivity contribution is 9.09. The highest BCUT2D eigenvalue weighted by Crippen LogP contribution is 2.02. The Balaban J connectivity index is 0. The van der Waals surface area contributed by atoms with Crippen LogP contribution in [0, 0.1) is 5.82 Å². The number of hydrogen-bond donors (Lipinski definition) is 0. The lowest BCUT2D eigenvalue weighted by atomic mass is 10.2. The van der Waals surface area contributed by atoms with Gasteiger partial charge in [0.15, 0.2) is 16.4 Å². The molecule has 0 N–H and O–H groups in total. The van der Waals surface area contributed by atoms with Gasteiger partial charge in [0.2, 0.25) is 0 Å². The normalized spacial score (nSPS) is 7.86. The smallest absolute Gasteiger partial charge is 0.158 e. The summed E-state index contributed by atoms with van der Waals surface area (Å²) in [6, 6.07) is 5.34. The Morgan fingerprint density at radius 2 is 1.36 bits per heavy atom. The van der Waals surface area contributed by atoms with Crippen LogP contribution in [-0.4, -0.2) is 5.58 Å². The van der Waals surface area contributed by atoms with E-state index in [0.717, 1.165) is 0 Å². The Bertz CT molecular complexity index is 203. The summed E-state index contributed by atoms with van der Waals surface area (Å²) in [6.45, 7) is -0.527. The van der Waals surface area contributed by atoms with Crippen molar-refractivity contribution in [2.75, 3.05) is 5.58 Å². The first-order valence-corrected chi connectivity index (χ1v) is 5.03. The van der Waals surface area contributed by atoms with Crippen LogP contribution in [0.4, 0.5) is 16.7 Å². The first-order chi connectivity index (χ1) is 6.74. The summed E-state index contributed by atoms with van der Waals surface area (Å²) in [7, 11) is 0. The third kappa shape index (κ3) is 9.98. The van der Waals surface area contributed by atoms with E-state index >= 15 is 0 Å². The molecule has 1 rings (SSSR count). The van der Waals surface area contributed by atoms with Crippen molar-refractivity contribution in [3.63, 3.8) is 0 Å². The SMILES string of the molecule is FBr.FCBr.FCc1ccc(F)cc1. The zero-order valence-electron chi connectivity index (χ0n) is 6.99. The van der Waals surface area contributed by atoms with Crippen LogP contribution in [0.25, 0.3) is 0 Å². The topological polar surface area (TPSA) is 0 Å². The number of halogens is 6. The summed E-state index contributed by atoms with van der Waals surface area (Å²) in [5.74, 6) is -0.327. The largest absolute Gasteiger partial charge is 0.246 e. The highest BCUT2D eigenvalue weighted by atomic mass is 79.9. The van der Waals surface area contributed by atoms with Crippen LogP contribution in [0.1, 0.15) is 5.56 Å². The van der Waals surface area contributed by atoms with Crippen molar-refractivity contribution >= 4 is 32.3 Å². The van der Waals surface area contributed by atoms with E-state index in [9.17, 15) is 16.7 Å². The Labute approximate surface area is 97.0 Å². The monoisotopic (exact) mass is 338 g/mol. The minimum atomic E-state index is -0.527. The van der Waals surface area contributed by atoms with E-state index in [1.54, 1.807) is 0 Å². The average Bonchev–Trinajstić information content (AvgIpc) is 2.23. The number of hydrogen-bond acceptors (Lipinski definition) is 0. The Morgan fingerprint density at radius 1 is 1.00 bits per heavy atom. The van der Waals surface area contributed by atoms with Gasteiger partial charge in [-0.3, -0.25) is 0 Å². The van der Waals surface area contributed by atoms with Crippen LogP contribution in [0.15, 0.2) is 24.3 Å². The van der Waals surface area contributed by atoms with Gasteiger partial charge >= 0.3 is 0 Å². The molecule has 0 spiro atoms. The van der Waals surface area contributed by atoms with E-state index < -0.39 is 12.3 Å². The fourth-order valence-electron chi connectivity index (χ4n) is 0.573. The molecule has 0 radical (unpaired) electrons. The molecule has 0 unspecified atom stereocenters. The van der Waals surface area contributed by atoms with Gasteiger partial charge in [0.1, 0.15) is 18.1 Å². The van der Waals surface area contributed by atoms with Crippen LogP contribution in [0.5, 0.6) is 0 Å². The molecule has 0 aliphatic carbocycles. The zero-order valence-corrected chi connectivity index (χ0v) is 10.2. The van der Waals surface area contributed by atoms with E-state index in [-0.39, 0.29) is 5.82 Å². The van der Waals surface area contributed by atoms with Gasteiger partial charge in [0, 0.05) is 0 Å². The van der Waals surface area contributed by atoms with E-state index in [0.29, 0.717) is 5.56 Å². The standard InChI is InChI=1S/C7H6F2.CH2BrF.BrF/c8-5-6-1-3-7(9)4-2-6;2-1-3;1-2/h1-4H,5H2;1H2;. The first-order valence-electron chi connectivity index (χ1n) is 3.31. The molecule has 0 saturated carbocycles. The molecule has 0 aromatic heterocycles. The third-order valence-electron chi connectivity index (χ3n) is 1.07. The summed E-state index contributed by atoms with van der Waals surface area (Å²) in [5, 5.41) is 0. The lowest BCUT2D eigenvalue weighted by Gasteiger charge is -1.90. The minimum absolute atomic E-state index is 0.327. The van der Waals surface area contributed by atoms with Crippen molar-refractivity contribution in [3.05, 3.63) is 35.6 Å². The molecule has 0 amide bonds. The van der Waals surface area contributed by atoms with E-state index in [4.69, 9.17) is 0 Å². The quantitative estimate of drug-likeness (QED) is 0.506. The van der Waals surface area contributed by atoms with Crippen molar-refractivity contribution in [1.29, 1.82) is 0 Å². The molecule has 0 aliphatic rings. The summed E-state index contributed by atoms with van der Waals surface area (Å²) in [6.07, 6.45) is 0. The first kappa shape index (κ1) is 16.3. The molecule has 0 heterocycles. The summed E-state index contributed by atoms with van der Waals surface area (Å²) >= 11 is 3.92. The number of benzene rings is 1. The maximum absolute atomic E-state index is 12.1. The van der Waals surface area contributed by atoms with Crippen molar-refractivity contribution in [2.24, 2.45) is 0 Å². The molecule has 0 aliphatic heterocycles. The Morgan fingerprint density at radius 3 is 1.64 bits per heavy atom. The molecule has 0 saturated heterocycles. The van der Waals surface area contributed by atoms with Crippen LogP contribution in [-0.2, 0) is 6.67 Å². The maximum Gasteiger partial charge on any atom is 0.158 e. The van der Waals surface area contributed by atoms with Gasteiger partial charge in [0.25, 0.3) is 0 Å². The van der Waals surface area contributed by atoms with Crippen molar-refractivity contribution < 1.29 is 16.7 Å². The van der Waals surface area contributed by atoms with Gasteiger partial charge in [-0.05, 0) is 17.7 Å². The second kappa shape index (κ2) is 12.9. The average molecular weight is 340 g/mol. The van der Waals surface area contributed by atoms with Crippen molar-refractivity contribution in [1.82, 2.24) is 0 Å². The summed E-state index contributed by atoms with van der Waals surface area (Å²) < 4.78 is 43.4. The maximum atomic E-state index is 12.1. The number of rotatable bonds is 1. The lowest BCUT2D eigenvalue weighted by Crippen LogP contribution is -1.77. The summed E-state index contributed by atoms with van der Waals surface area (Å²) in [5.41, 5.74) is 0.0731. The van der Waals surface area contributed by atoms with E-state index in [1.165, 1.54) is 40.6 Å². The highest BCUT2D eigenvalue weighted by Gasteiger charge is 1.89. The van der Waals surface area contributed by atoms with Crippen LogP contribution in [0.3, 0.4) is 0 Å². The summed E-state index contributed by atoms with van der Waals surface area (Å²) in [4.78, 5) is 0. The molecular formula is C8H8Br2F4. The van der Waals surface area contributed by atoms with Gasteiger partial charge < -0.3 is 0 Å². The van der Waals surface area contributed by atoms with Crippen LogP contribution < -0.4 is 0 Å². The predicted octanol–water partition coefficient (Wildman–Crippen LogP) is 4.87. The molecular weight excluding hydrogens is 332 g/mol. The second-order valence-corrected chi connectivity index (χ2v) is 2.28. The van der Waals surface area contributed by atoms with Crippen molar-refractivity contribution in [2.45, 2.75) is 6.67 Å². The molecule has 82 valence electrons. The van der Waals surface area contributed by atoms with Gasteiger partial charge in [-0.25, -0.2) is 13.2 Å².